The van der Waals surface area contributed by atoms with E-state index in [4.69, 9.17) is 4.52 Å². The summed E-state index contributed by atoms with van der Waals surface area (Å²) in [6.45, 7) is 6.85. The van der Waals surface area contributed by atoms with Crippen LogP contribution in [0.15, 0.2) is 28.8 Å². The Morgan fingerprint density at radius 1 is 1.20 bits per heavy atom. The number of likely N-dealkylation sites (tertiary alicyclic amines) is 1. The fourth-order valence-corrected chi connectivity index (χ4v) is 6.98. The van der Waals surface area contributed by atoms with Gasteiger partial charge in [-0.1, -0.05) is 44.5 Å². The van der Waals surface area contributed by atoms with Gasteiger partial charge in [0.05, 0.1) is 18.2 Å². The molecule has 3 fully saturated rings. The van der Waals surface area contributed by atoms with Crippen molar-refractivity contribution in [2.45, 2.75) is 77.8 Å². The number of rotatable bonds is 10. The number of fused-ring (bicyclic) bond motifs is 2. The summed E-state index contributed by atoms with van der Waals surface area (Å²) in [4.78, 5) is 66.8. The Balaban J connectivity index is 1.32. The molecule has 5 rings (SSSR count). The van der Waals surface area contributed by atoms with E-state index >= 15 is 0 Å². The second-order valence-electron chi connectivity index (χ2n) is 13.0. The van der Waals surface area contributed by atoms with Crippen molar-refractivity contribution in [1.82, 2.24) is 20.7 Å². The lowest BCUT2D eigenvalue weighted by molar-refractivity contribution is -0.147. The zero-order valence-electron chi connectivity index (χ0n) is 24.1. The number of nitrogens with zero attached hydrogens (tertiary/aromatic N) is 2. The SMILES string of the molecule is CC(C)(C)[C@H](CC(=O)Cc1noc2ccccc12)C(=O)N1C[C@@H]2CCC[C@@H]2[C@H]1C(=O)N[C@H](C=O)CC1CCNC1=O. The summed E-state index contributed by atoms with van der Waals surface area (Å²) >= 11 is 0. The third kappa shape index (κ3) is 6.06. The number of ketones is 1. The van der Waals surface area contributed by atoms with Gasteiger partial charge in [-0.2, -0.15) is 0 Å². The smallest absolute Gasteiger partial charge is 0.243 e. The largest absolute Gasteiger partial charge is 0.356 e. The molecular weight excluding hydrogens is 524 g/mol. The first-order chi connectivity index (χ1) is 19.6. The molecule has 2 N–H and O–H groups in total. The van der Waals surface area contributed by atoms with Gasteiger partial charge in [-0.15, -0.1) is 0 Å². The lowest BCUT2D eigenvalue weighted by atomic mass is 9.76. The molecule has 0 bridgehead atoms. The van der Waals surface area contributed by atoms with Crippen LogP contribution in [0.5, 0.6) is 0 Å². The van der Waals surface area contributed by atoms with Crippen molar-refractivity contribution >= 4 is 40.8 Å². The predicted molar refractivity (Wildman–Crippen MR) is 150 cm³/mol. The Hall–Kier alpha value is -3.56. The molecule has 1 aromatic carbocycles. The fourth-order valence-electron chi connectivity index (χ4n) is 6.98. The van der Waals surface area contributed by atoms with Gasteiger partial charge >= 0.3 is 0 Å². The molecule has 3 aliphatic rings. The van der Waals surface area contributed by atoms with Gasteiger partial charge in [0.15, 0.2) is 5.58 Å². The fraction of sp³-hybridized carbons (Fsp3) is 0.613. The third-order valence-electron chi connectivity index (χ3n) is 9.23. The first-order valence-corrected chi connectivity index (χ1v) is 14.8. The maximum atomic E-state index is 14.2. The zero-order chi connectivity index (χ0) is 29.3. The van der Waals surface area contributed by atoms with Gasteiger partial charge in [-0.05, 0) is 55.1 Å². The molecule has 0 radical (unpaired) electrons. The second-order valence-corrected chi connectivity index (χ2v) is 13.0. The first kappa shape index (κ1) is 29.0. The molecule has 3 heterocycles. The molecule has 1 saturated carbocycles. The lowest BCUT2D eigenvalue weighted by Crippen LogP contribution is -2.54. The first-order valence-electron chi connectivity index (χ1n) is 14.8. The number of hydrogen-bond acceptors (Lipinski definition) is 7. The van der Waals surface area contributed by atoms with E-state index < -0.39 is 23.4 Å². The summed E-state index contributed by atoms with van der Waals surface area (Å²) in [5.41, 5.74) is 0.631. The van der Waals surface area contributed by atoms with Crippen LogP contribution in [0.1, 0.15) is 65.0 Å². The second kappa shape index (κ2) is 11.7. The molecule has 220 valence electrons. The molecule has 10 heteroatoms. The molecule has 1 aliphatic carbocycles. The normalized spacial score (nSPS) is 25.5. The van der Waals surface area contributed by atoms with Crippen LogP contribution in [0.3, 0.4) is 0 Å². The van der Waals surface area contributed by atoms with Crippen LogP contribution in [0.4, 0.5) is 0 Å². The number of carbonyl (C=O) groups is 5. The van der Waals surface area contributed by atoms with Crippen molar-refractivity contribution in [3.8, 4) is 0 Å². The topological polar surface area (TPSA) is 139 Å². The van der Waals surface area contributed by atoms with Crippen molar-refractivity contribution in [2.75, 3.05) is 13.1 Å². The highest BCUT2D eigenvalue weighted by Crippen LogP contribution is 2.44. The van der Waals surface area contributed by atoms with E-state index in [0.717, 1.165) is 24.6 Å². The minimum Gasteiger partial charge on any atom is -0.356 e. The summed E-state index contributed by atoms with van der Waals surface area (Å²) in [6, 6.07) is 5.86. The standard InChI is InChI=1S/C31H40N4O6/c1-31(2,3)24(14-21(37)15-25-23-8-4-5-10-26(23)41-34-25)30(40)35-16-19-7-6-9-22(19)27(35)29(39)33-20(17-36)13-18-11-12-32-28(18)38/h4-5,8,10,17-20,22,24,27H,6-7,9,11-16H2,1-3H3,(H,32,38)(H,33,39)/t18?,19-,20-,22-,24+,27-/m0/s1. The Morgan fingerprint density at radius 2 is 1.98 bits per heavy atom. The molecule has 41 heavy (non-hydrogen) atoms. The Morgan fingerprint density at radius 3 is 2.68 bits per heavy atom. The van der Waals surface area contributed by atoms with Crippen LogP contribution in [0, 0.1) is 29.1 Å². The number of carbonyl (C=O) groups excluding carboxylic acids is 5. The summed E-state index contributed by atoms with van der Waals surface area (Å²) in [5.74, 6) is -1.50. The number of benzene rings is 1. The zero-order valence-corrected chi connectivity index (χ0v) is 24.1. The van der Waals surface area contributed by atoms with Crippen molar-refractivity contribution < 1.29 is 28.5 Å². The van der Waals surface area contributed by atoms with Gasteiger partial charge in [0, 0.05) is 36.7 Å². The van der Waals surface area contributed by atoms with Gasteiger partial charge < -0.3 is 24.9 Å². The maximum absolute atomic E-state index is 14.2. The molecule has 2 aromatic rings. The van der Waals surface area contributed by atoms with Crippen molar-refractivity contribution in [3.05, 3.63) is 30.0 Å². The monoisotopic (exact) mass is 564 g/mol. The highest BCUT2D eigenvalue weighted by atomic mass is 16.5. The average Bonchev–Trinajstić information content (AvgIpc) is 3.71. The van der Waals surface area contributed by atoms with Crippen molar-refractivity contribution in [2.24, 2.45) is 29.1 Å². The van der Waals surface area contributed by atoms with E-state index in [9.17, 15) is 24.0 Å². The van der Waals surface area contributed by atoms with E-state index in [1.54, 1.807) is 11.0 Å². The molecule has 1 aromatic heterocycles. The summed E-state index contributed by atoms with van der Waals surface area (Å²) in [5, 5.41) is 10.5. The van der Waals surface area contributed by atoms with Crippen molar-refractivity contribution in [3.63, 3.8) is 0 Å². The van der Waals surface area contributed by atoms with Gasteiger partial charge in [0.25, 0.3) is 0 Å². The van der Waals surface area contributed by atoms with Crippen LogP contribution in [0.2, 0.25) is 0 Å². The quantitative estimate of drug-likeness (QED) is 0.423. The molecule has 2 aliphatic heterocycles. The summed E-state index contributed by atoms with van der Waals surface area (Å²) < 4.78 is 5.35. The van der Waals surface area contributed by atoms with E-state index in [0.29, 0.717) is 37.1 Å². The molecule has 1 unspecified atom stereocenters. The lowest BCUT2D eigenvalue weighted by Gasteiger charge is -2.36. The van der Waals surface area contributed by atoms with Gasteiger partial charge in [0.1, 0.15) is 18.1 Å². The number of amides is 3. The van der Waals surface area contributed by atoms with Gasteiger partial charge in [0.2, 0.25) is 17.7 Å². The molecule has 6 atom stereocenters. The minimum absolute atomic E-state index is 0.0128. The van der Waals surface area contributed by atoms with Crippen molar-refractivity contribution in [1.29, 1.82) is 0 Å². The highest BCUT2D eigenvalue weighted by molar-refractivity contribution is 5.94. The molecule has 2 saturated heterocycles. The van der Waals surface area contributed by atoms with E-state index in [1.165, 1.54) is 0 Å². The number of para-hydroxylation sites is 1. The number of hydrogen-bond donors (Lipinski definition) is 2. The molecule has 3 amide bonds. The predicted octanol–water partition coefficient (Wildman–Crippen LogP) is 2.83. The highest BCUT2D eigenvalue weighted by Gasteiger charge is 2.51. The Bertz CT molecular complexity index is 1330. The van der Waals surface area contributed by atoms with E-state index in [-0.39, 0.29) is 60.5 Å². The van der Waals surface area contributed by atoms with Crippen LogP contribution < -0.4 is 10.6 Å². The van der Waals surface area contributed by atoms with Gasteiger partial charge in [-0.25, -0.2) is 0 Å². The molecule has 0 spiro atoms. The Kier molecular flexibility index (Phi) is 8.29. The van der Waals surface area contributed by atoms with Crippen LogP contribution in [-0.2, 0) is 30.4 Å². The number of Topliss-reactive ketones (excluding diaryl/α,β-unsaturated/α-hetero) is 1. The maximum Gasteiger partial charge on any atom is 0.243 e. The summed E-state index contributed by atoms with van der Waals surface area (Å²) in [6.07, 6.45) is 4.40. The van der Waals surface area contributed by atoms with Gasteiger partial charge in [-0.3, -0.25) is 19.2 Å². The van der Waals surface area contributed by atoms with Crippen LogP contribution >= 0.6 is 0 Å². The minimum atomic E-state index is -0.800. The molecule has 10 nitrogen and oxygen atoms in total. The van der Waals surface area contributed by atoms with E-state index in [1.807, 2.05) is 39.0 Å². The average molecular weight is 565 g/mol. The van der Waals surface area contributed by atoms with E-state index in [2.05, 4.69) is 15.8 Å². The number of aldehydes is 1. The number of nitrogens with one attached hydrogen (secondary N) is 2. The number of aromatic nitrogens is 1. The Labute approximate surface area is 239 Å². The van der Waals surface area contributed by atoms with Crippen LogP contribution in [0.25, 0.3) is 11.0 Å². The third-order valence-corrected chi connectivity index (χ3v) is 9.23. The van der Waals surface area contributed by atoms with Crippen LogP contribution in [-0.4, -0.2) is 65.0 Å². The molecular formula is C31H40N4O6. The summed E-state index contributed by atoms with van der Waals surface area (Å²) in [7, 11) is 0.